The maximum atomic E-state index is 8.60. The normalized spacial score (nSPS) is 22.2. The van der Waals surface area contributed by atoms with Crippen LogP contribution in [0.5, 0.6) is 0 Å². The summed E-state index contributed by atoms with van der Waals surface area (Å²) in [7, 11) is 0. The molecule has 1 aliphatic heterocycles. The lowest BCUT2D eigenvalue weighted by Gasteiger charge is -2.28. The van der Waals surface area contributed by atoms with Crippen LogP contribution in [0.2, 0.25) is 0 Å². The molecule has 1 rings (SSSR count). The van der Waals surface area contributed by atoms with Gasteiger partial charge in [0.05, 0.1) is 12.0 Å². The van der Waals surface area contributed by atoms with Crippen LogP contribution in [0.15, 0.2) is 0 Å². The second-order valence-corrected chi connectivity index (χ2v) is 3.52. The van der Waals surface area contributed by atoms with Crippen LogP contribution in [0.25, 0.3) is 0 Å². The van der Waals surface area contributed by atoms with Crippen LogP contribution in [-0.2, 0) is 0 Å². The first-order chi connectivity index (χ1) is 4.38. The number of rotatable bonds is 2. The Morgan fingerprint density at radius 1 is 1.78 bits per heavy atom. The Labute approximate surface area is 60.4 Å². The fourth-order valence-corrected chi connectivity index (χ4v) is 1.99. The summed E-state index contributed by atoms with van der Waals surface area (Å²) < 4.78 is 0. The average Bonchev–Trinajstić information content (AvgIpc) is 1.78. The molecular formula is C7H11NS. The van der Waals surface area contributed by atoms with Crippen LogP contribution in [0.4, 0.5) is 0 Å². The molecule has 0 spiro atoms. The lowest BCUT2D eigenvalue weighted by molar-refractivity contribution is 0.459. The molecule has 0 aromatic rings. The summed E-state index contributed by atoms with van der Waals surface area (Å²) in [5, 5.41) is 8.60. The van der Waals surface area contributed by atoms with E-state index in [0.29, 0.717) is 11.8 Å². The molecule has 0 aromatic carbocycles. The number of hydrogen-bond donors (Lipinski definition) is 0. The van der Waals surface area contributed by atoms with Gasteiger partial charge in [0, 0.05) is 0 Å². The molecule has 1 atom stereocenters. The van der Waals surface area contributed by atoms with Gasteiger partial charge in [-0.15, -0.1) is 0 Å². The van der Waals surface area contributed by atoms with E-state index in [1.807, 2.05) is 11.8 Å². The van der Waals surface area contributed by atoms with Crippen LogP contribution in [0, 0.1) is 23.2 Å². The van der Waals surface area contributed by atoms with E-state index in [4.69, 9.17) is 5.26 Å². The van der Waals surface area contributed by atoms with Crippen molar-refractivity contribution in [3.05, 3.63) is 0 Å². The molecule has 1 heterocycles. The van der Waals surface area contributed by atoms with Gasteiger partial charge in [-0.1, -0.05) is 6.92 Å². The summed E-state index contributed by atoms with van der Waals surface area (Å²) in [5.41, 5.74) is 0. The summed E-state index contributed by atoms with van der Waals surface area (Å²) in [6.45, 7) is 2.09. The Balaban J connectivity index is 2.30. The SMILES string of the molecule is CCC(C#N)C1CSC1. The first-order valence-corrected chi connectivity index (χ1v) is 4.51. The first kappa shape index (κ1) is 6.95. The maximum Gasteiger partial charge on any atom is 0.0659 e. The van der Waals surface area contributed by atoms with E-state index in [2.05, 4.69) is 13.0 Å². The second kappa shape index (κ2) is 3.12. The molecule has 0 N–H and O–H groups in total. The molecule has 2 heteroatoms. The lowest BCUT2D eigenvalue weighted by atomic mass is 9.94. The van der Waals surface area contributed by atoms with E-state index < -0.39 is 0 Å². The zero-order valence-electron chi connectivity index (χ0n) is 5.63. The zero-order valence-corrected chi connectivity index (χ0v) is 6.45. The quantitative estimate of drug-likeness (QED) is 0.586. The minimum atomic E-state index is 0.339. The molecule has 0 aliphatic carbocycles. The second-order valence-electron chi connectivity index (χ2n) is 2.44. The first-order valence-electron chi connectivity index (χ1n) is 3.35. The van der Waals surface area contributed by atoms with Crippen LogP contribution >= 0.6 is 11.8 Å². The van der Waals surface area contributed by atoms with Crippen molar-refractivity contribution in [3.8, 4) is 6.07 Å². The highest BCUT2D eigenvalue weighted by Crippen LogP contribution is 2.32. The topological polar surface area (TPSA) is 23.8 Å². The van der Waals surface area contributed by atoms with Crippen molar-refractivity contribution in [2.75, 3.05) is 11.5 Å². The maximum absolute atomic E-state index is 8.60. The third-order valence-corrected chi connectivity index (χ3v) is 3.17. The zero-order chi connectivity index (χ0) is 6.69. The van der Waals surface area contributed by atoms with Crippen molar-refractivity contribution in [1.29, 1.82) is 5.26 Å². The van der Waals surface area contributed by atoms with E-state index in [9.17, 15) is 0 Å². The van der Waals surface area contributed by atoms with Gasteiger partial charge in [-0.25, -0.2) is 0 Å². The van der Waals surface area contributed by atoms with Crippen molar-refractivity contribution < 1.29 is 0 Å². The molecular weight excluding hydrogens is 130 g/mol. The minimum absolute atomic E-state index is 0.339. The molecule has 9 heavy (non-hydrogen) atoms. The van der Waals surface area contributed by atoms with E-state index >= 15 is 0 Å². The number of nitriles is 1. The van der Waals surface area contributed by atoms with Gasteiger partial charge in [-0.3, -0.25) is 0 Å². The molecule has 0 bridgehead atoms. The smallest absolute Gasteiger partial charge is 0.0659 e. The van der Waals surface area contributed by atoms with Gasteiger partial charge in [0.25, 0.3) is 0 Å². The largest absolute Gasteiger partial charge is 0.198 e. The van der Waals surface area contributed by atoms with Gasteiger partial charge < -0.3 is 0 Å². The number of thioether (sulfide) groups is 1. The molecule has 0 aromatic heterocycles. The van der Waals surface area contributed by atoms with E-state index in [-0.39, 0.29) is 0 Å². The molecule has 1 saturated heterocycles. The Morgan fingerprint density at radius 3 is 2.56 bits per heavy atom. The summed E-state index contributed by atoms with van der Waals surface area (Å²) in [6.07, 6.45) is 1.03. The Morgan fingerprint density at radius 2 is 2.44 bits per heavy atom. The summed E-state index contributed by atoms with van der Waals surface area (Å²) in [5.74, 6) is 3.48. The monoisotopic (exact) mass is 141 g/mol. The van der Waals surface area contributed by atoms with E-state index in [1.165, 1.54) is 11.5 Å². The summed E-state index contributed by atoms with van der Waals surface area (Å²) in [4.78, 5) is 0. The van der Waals surface area contributed by atoms with Crippen molar-refractivity contribution in [2.24, 2.45) is 11.8 Å². The molecule has 1 aliphatic rings. The highest BCUT2D eigenvalue weighted by Gasteiger charge is 2.25. The highest BCUT2D eigenvalue weighted by molar-refractivity contribution is 8.00. The van der Waals surface area contributed by atoms with Gasteiger partial charge in [0.15, 0.2) is 0 Å². The van der Waals surface area contributed by atoms with Crippen LogP contribution in [0.3, 0.4) is 0 Å². The Bertz CT molecular complexity index is 123. The third-order valence-electron chi connectivity index (χ3n) is 1.84. The number of hydrogen-bond acceptors (Lipinski definition) is 2. The van der Waals surface area contributed by atoms with Gasteiger partial charge >= 0.3 is 0 Å². The van der Waals surface area contributed by atoms with Crippen molar-refractivity contribution in [1.82, 2.24) is 0 Å². The summed E-state index contributed by atoms with van der Waals surface area (Å²) in [6, 6.07) is 2.34. The van der Waals surface area contributed by atoms with Crippen molar-refractivity contribution in [2.45, 2.75) is 13.3 Å². The fraction of sp³-hybridized carbons (Fsp3) is 0.857. The Kier molecular flexibility index (Phi) is 2.41. The van der Waals surface area contributed by atoms with E-state index in [0.717, 1.165) is 6.42 Å². The highest BCUT2D eigenvalue weighted by atomic mass is 32.2. The van der Waals surface area contributed by atoms with Crippen LogP contribution in [0.1, 0.15) is 13.3 Å². The molecule has 1 fully saturated rings. The standard InChI is InChI=1S/C7H11NS/c1-2-6(3-8)7-4-9-5-7/h6-7H,2,4-5H2,1H3. The molecule has 1 unspecified atom stereocenters. The molecule has 0 radical (unpaired) electrons. The van der Waals surface area contributed by atoms with Crippen LogP contribution in [-0.4, -0.2) is 11.5 Å². The predicted octanol–water partition coefficient (Wildman–Crippen LogP) is 1.90. The van der Waals surface area contributed by atoms with Crippen molar-refractivity contribution in [3.63, 3.8) is 0 Å². The van der Waals surface area contributed by atoms with Gasteiger partial charge in [-0.2, -0.15) is 17.0 Å². The predicted molar refractivity (Wildman–Crippen MR) is 40.2 cm³/mol. The van der Waals surface area contributed by atoms with Gasteiger partial charge in [-0.05, 0) is 23.8 Å². The van der Waals surface area contributed by atoms with Gasteiger partial charge in [0.1, 0.15) is 0 Å². The number of nitrogens with zero attached hydrogens (tertiary/aromatic N) is 1. The Hall–Kier alpha value is -0.160. The molecule has 50 valence electrons. The molecule has 1 nitrogen and oxygen atoms in total. The fourth-order valence-electron chi connectivity index (χ4n) is 1.02. The minimum Gasteiger partial charge on any atom is -0.198 e. The molecule has 0 saturated carbocycles. The lowest BCUT2D eigenvalue weighted by Crippen LogP contribution is -2.25. The van der Waals surface area contributed by atoms with Crippen molar-refractivity contribution >= 4 is 11.8 Å². The van der Waals surface area contributed by atoms with Crippen LogP contribution < -0.4 is 0 Å². The molecule has 0 amide bonds. The average molecular weight is 141 g/mol. The van der Waals surface area contributed by atoms with Gasteiger partial charge in [0.2, 0.25) is 0 Å². The van der Waals surface area contributed by atoms with E-state index in [1.54, 1.807) is 0 Å². The third kappa shape index (κ3) is 1.40. The summed E-state index contributed by atoms with van der Waals surface area (Å²) >= 11 is 1.95.